The molecular weight excluding hydrogens is 522 g/mol. The van der Waals surface area contributed by atoms with Crippen molar-refractivity contribution in [2.45, 2.75) is 22.5 Å². The number of β-lactam (4-membered cyclic amide) rings is 1. The van der Waals surface area contributed by atoms with Gasteiger partial charge in [-0.2, -0.15) is 9.36 Å². The average Bonchev–Trinajstić information content (AvgIpc) is 3.22. The highest BCUT2D eigenvalue weighted by Crippen LogP contribution is 2.41. The van der Waals surface area contributed by atoms with Gasteiger partial charge in [-0.05, 0) is 22.2 Å². The van der Waals surface area contributed by atoms with Crippen molar-refractivity contribution in [3.05, 3.63) is 50.0 Å². The van der Waals surface area contributed by atoms with E-state index < -0.39 is 40.9 Å². The summed E-state index contributed by atoms with van der Waals surface area (Å²) in [5.41, 5.74) is 10.5. The summed E-state index contributed by atoms with van der Waals surface area (Å²) < 4.78 is 3.79. The van der Waals surface area contributed by atoms with Crippen LogP contribution < -0.4 is 22.5 Å². The first-order valence-electron chi connectivity index (χ1n) is 9.52. The van der Waals surface area contributed by atoms with Crippen molar-refractivity contribution in [2.75, 3.05) is 17.2 Å². The number of carbonyl (C=O) groups is 3. The van der Waals surface area contributed by atoms with Gasteiger partial charge in [0.1, 0.15) is 28.0 Å². The van der Waals surface area contributed by atoms with Crippen LogP contribution >= 0.6 is 35.1 Å². The van der Waals surface area contributed by atoms with E-state index in [-0.39, 0.29) is 28.2 Å². The Balaban J connectivity index is 1.48. The van der Waals surface area contributed by atoms with Gasteiger partial charge in [-0.25, -0.2) is 14.6 Å². The van der Waals surface area contributed by atoms with Crippen molar-refractivity contribution < 1.29 is 19.5 Å². The second-order valence-corrected chi connectivity index (χ2v) is 9.79. The fourth-order valence-corrected chi connectivity index (χ4v) is 5.76. The van der Waals surface area contributed by atoms with Crippen LogP contribution in [0.3, 0.4) is 0 Å². The minimum absolute atomic E-state index is 0.0449. The number of aromatic amines is 1. The van der Waals surface area contributed by atoms with E-state index in [0.29, 0.717) is 10.6 Å². The number of anilines is 2. The van der Waals surface area contributed by atoms with Crippen LogP contribution in [0.25, 0.3) is 0 Å². The van der Waals surface area contributed by atoms with Crippen molar-refractivity contribution in [2.24, 2.45) is 5.18 Å². The molecule has 35 heavy (non-hydrogen) atoms. The molecule has 2 aliphatic heterocycles. The Morgan fingerprint density at radius 2 is 2.14 bits per heavy atom. The fourth-order valence-electron chi connectivity index (χ4n) is 3.27. The molecule has 182 valence electrons. The zero-order valence-electron chi connectivity index (χ0n) is 17.3. The monoisotopic (exact) mass is 537 g/mol. The number of thioether (sulfide) groups is 2. The minimum atomic E-state index is -1.60. The number of fused-ring (bicyclic) bond motifs is 1. The second-order valence-electron chi connectivity index (χ2n) is 6.97. The first-order valence-corrected chi connectivity index (χ1v) is 12.2. The summed E-state index contributed by atoms with van der Waals surface area (Å²) in [6.45, 7) is 0. The highest BCUT2D eigenvalue weighted by molar-refractivity contribution is 8.02. The molecule has 1 fully saturated rings. The Morgan fingerprint density at radius 3 is 2.77 bits per heavy atom. The largest absolute Gasteiger partial charge is 0.477 e. The van der Waals surface area contributed by atoms with E-state index in [1.807, 2.05) is 0 Å². The molecule has 2 aromatic heterocycles. The molecule has 1 unspecified atom stereocenters. The summed E-state index contributed by atoms with van der Waals surface area (Å²) in [5, 5.41) is 16.1. The molecule has 1 saturated heterocycles. The van der Waals surface area contributed by atoms with Gasteiger partial charge in [-0.3, -0.25) is 19.5 Å². The quantitative estimate of drug-likeness (QED) is 0.125. The Bertz CT molecular complexity index is 1340. The maximum absolute atomic E-state index is 12.8. The SMILES string of the molecule is Nc1cc(SC=CC2=C(C(=O)O)N3C(=O)[C@@H](NC(=O)C(N=O)c4nsc(N)n4)[C@H]3SC2)nc(=O)[nH]1. The second kappa shape index (κ2) is 9.84. The van der Waals surface area contributed by atoms with E-state index in [4.69, 9.17) is 11.5 Å². The Labute approximate surface area is 207 Å². The number of nitrogens with one attached hydrogen (secondary N) is 2. The van der Waals surface area contributed by atoms with Crippen LogP contribution in [0.5, 0.6) is 0 Å². The number of nitroso groups, excluding NO2 is 1. The van der Waals surface area contributed by atoms with Crippen molar-refractivity contribution >= 4 is 63.8 Å². The van der Waals surface area contributed by atoms with E-state index in [1.54, 1.807) is 0 Å². The number of hydrogen-bond acceptors (Lipinski definition) is 14. The number of carboxylic acid groups (broad SMARTS) is 1. The normalized spacial score (nSPS) is 20.3. The van der Waals surface area contributed by atoms with Crippen LogP contribution in [0.4, 0.5) is 10.9 Å². The summed E-state index contributed by atoms with van der Waals surface area (Å²) >= 11 is 3.05. The van der Waals surface area contributed by atoms with Gasteiger partial charge in [0.15, 0.2) is 11.0 Å². The molecule has 0 radical (unpaired) electrons. The first kappa shape index (κ1) is 24.4. The number of allylic oxidation sites excluding steroid dienone is 1. The number of hydrogen-bond donors (Lipinski definition) is 5. The summed E-state index contributed by atoms with van der Waals surface area (Å²) in [4.78, 5) is 70.7. The number of carboxylic acids is 1. The van der Waals surface area contributed by atoms with Crippen molar-refractivity contribution in [3.8, 4) is 0 Å². The van der Waals surface area contributed by atoms with Crippen molar-refractivity contribution in [1.82, 2.24) is 29.5 Å². The van der Waals surface area contributed by atoms with E-state index in [0.717, 1.165) is 28.2 Å². The lowest BCUT2D eigenvalue weighted by molar-refractivity contribution is -0.150. The zero-order chi connectivity index (χ0) is 25.3. The number of aromatic nitrogens is 4. The van der Waals surface area contributed by atoms with Crippen molar-refractivity contribution in [1.29, 1.82) is 0 Å². The standard InChI is InChI=1S/C17H15N9O6S3/c18-6-3-7(21-17(31)20-6)33-2-1-5-4-34-14-9(13(28)26(14)10(5)15(29)30)22-12(27)8(24-32)11-23-16(19)35-25-11/h1-3,8-9,14H,4H2,(H,22,27)(H,29,30)(H2,19,23,25)(H3,18,20,21,31)/t8?,9-,14-/m1/s1. The predicted octanol–water partition coefficient (Wildman–Crippen LogP) is -0.362. The van der Waals surface area contributed by atoms with Crippen LogP contribution in [0.15, 0.2) is 43.8 Å². The van der Waals surface area contributed by atoms with Gasteiger partial charge in [0, 0.05) is 23.4 Å². The summed E-state index contributed by atoms with van der Waals surface area (Å²) in [7, 11) is 0. The Morgan fingerprint density at radius 1 is 1.37 bits per heavy atom. The Hall–Kier alpha value is -3.77. The minimum Gasteiger partial charge on any atom is -0.477 e. The first-order chi connectivity index (χ1) is 16.7. The smallest absolute Gasteiger partial charge is 0.352 e. The number of nitrogen functional groups attached to an aromatic ring is 2. The molecule has 0 spiro atoms. The van der Waals surface area contributed by atoms with Gasteiger partial charge in [-0.1, -0.05) is 11.8 Å². The lowest BCUT2D eigenvalue weighted by Gasteiger charge is -2.49. The van der Waals surface area contributed by atoms with E-state index >= 15 is 0 Å². The molecule has 4 heterocycles. The van der Waals surface area contributed by atoms with Crippen LogP contribution in [0.1, 0.15) is 11.9 Å². The fraction of sp³-hybridized carbons (Fsp3) is 0.235. The molecular formula is C17H15N9O6S3. The van der Waals surface area contributed by atoms with Crippen molar-refractivity contribution in [3.63, 3.8) is 0 Å². The predicted molar refractivity (Wildman–Crippen MR) is 127 cm³/mol. The molecule has 15 nitrogen and oxygen atoms in total. The van der Waals surface area contributed by atoms with Crippen LogP contribution in [-0.4, -0.2) is 64.3 Å². The summed E-state index contributed by atoms with van der Waals surface area (Å²) in [6, 6.07) is -1.22. The number of carbonyl (C=O) groups excluding carboxylic acids is 2. The number of rotatable bonds is 8. The maximum Gasteiger partial charge on any atom is 0.352 e. The number of nitrogens with zero attached hydrogens (tertiary/aromatic N) is 5. The van der Waals surface area contributed by atoms with E-state index in [9.17, 15) is 29.2 Å². The Kier molecular flexibility index (Phi) is 6.85. The number of H-pyrrole nitrogens is 1. The molecule has 2 amide bonds. The van der Waals surface area contributed by atoms with Gasteiger partial charge in [0.05, 0.1) is 0 Å². The molecule has 2 aliphatic rings. The topological polar surface area (TPSA) is 240 Å². The third kappa shape index (κ3) is 4.88. The summed E-state index contributed by atoms with van der Waals surface area (Å²) in [6.07, 6.45) is 1.50. The molecule has 0 aromatic carbocycles. The van der Waals surface area contributed by atoms with Crippen LogP contribution in [0, 0.1) is 4.91 Å². The molecule has 2 aromatic rings. The molecule has 3 atom stereocenters. The third-order valence-corrected chi connectivity index (χ3v) is 7.34. The van der Waals surface area contributed by atoms with E-state index in [1.165, 1.54) is 29.3 Å². The number of amides is 2. The van der Waals surface area contributed by atoms with Crippen LogP contribution in [-0.2, 0) is 14.4 Å². The third-order valence-electron chi connectivity index (χ3n) is 4.75. The average molecular weight is 538 g/mol. The lowest BCUT2D eigenvalue weighted by Crippen LogP contribution is -2.70. The van der Waals surface area contributed by atoms with Gasteiger partial charge < -0.3 is 21.9 Å². The number of nitrogens with two attached hydrogens (primary N) is 2. The zero-order valence-corrected chi connectivity index (χ0v) is 19.7. The lowest BCUT2D eigenvalue weighted by atomic mass is 10.0. The van der Waals surface area contributed by atoms with Gasteiger partial charge in [0.25, 0.3) is 11.8 Å². The van der Waals surface area contributed by atoms with E-state index in [2.05, 4.69) is 29.8 Å². The molecule has 7 N–H and O–H groups in total. The van der Waals surface area contributed by atoms with Gasteiger partial charge in [-0.15, -0.1) is 16.7 Å². The molecule has 0 saturated carbocycles. The molecule has 4 rings (SSSR count). The molecule has 0 bridgehead atoms. The van der Waals surface area contributed by atoms with Crippen LogP contribution in [0.2, 0.25) is 0 Å². The highest BCUT2D eigenvalue weighted by atomic mass is 32.2. The molecule has 0 aliphatic carbocycles. The van der Waals surface area contributed by atoms with Gasteiger partial charge >= 0.3 is 11.7 Å². The molecule has 18 heteroatoms. The highest BCUT2D eigenvalue weighted by Gasteiger charge is 2.54. The maximum atomic E-state index is 12.8. The summed E-state index contributed by atoms with van der Waals surface area (Å²) in [5.74, 6) is -2.74. The number of aliphatic carboxylic acids is 1. The van der Waals surface area contributed by atoms with Gasteiger partial charge in [0.2, 0.25) is 6.04 Å².